The Morgan fingerprint density at radius 2 is 2.00 bits per heavy atom. The first kappa shape index (κ1) is 14.1. The van der Waals surface area contributed by atoms with Crippen molar-refractivity contribution in [2.75, 3.05) is 20.3 Å². The van der Waals surface area contributed by atoms with Gasteiger partial charge in [0.15, 0.2) is 0 Å². The van der Waals surface area contributed by atoms with E-state index in [0.717, 1.165) is 12.0 Å². The summed E-state index contributed by atoms with van der Waals surface area (Å²) in [5, 5.41) is 12.5. The van der Waals surface area contributed by atoms with Crippen LogP contribution in [0.5, 0.6) is 0 Å². The fourth-order valence-electron chi connectivity index (χ4n) is 1.63. The minimum Gasteiger partial charge on any atom is -0.392 e. The molecule has 0 saturated carbocycles. The maximum absolute atomic E-state index is 12.8. The van der Waals surface area contributed by atoms with Crippen LogP contribution >= 0.6 is 0 Å². The maximum Gasteiger partial charge on any atom is 0.123 e. The molecule has 2 unspecified atom stereocenters. The van der Waals surface area contributed by atoms with Crippen LogP contribution in [0.1, 0.15) is 24.9 Å². The summed E-state index contributed by atoms with van der Waals surface area (Å²) < 4.78 is 17.9. The molecule has 0 amide bonds. The molecule has 0 bridgehead atoms. The molecule has 2 atom stereocenters. The molecule has 96 valence electrons. The molecule has 1 rings (SSSR count). The Kier molecular flexibility index (Phi) is 6.11. The van der Waals surface area contributed by atoms with Crippen molar-refractivity contribution in [2.24, 2.45) is 0 Å². The van der Waals surface area contributed by atoms with Crippen LogP contribution in [0.3, 0.4) is 0 Å². The Bertz CT molecular complexity index is 314. The summed E-state index contributed by atoms with van der Waals surface area (Å²) in [5.41, 5.74) is 1.00. The van der Waals surface area contributed by atoms with Crippen LogP contribution in [0.4, 0.5) is 4.39 Å². The standard InChI is InChI=1S/C13H20FNO2/c1-10(16)9-15-13(7-8-17-2)11-3-5-12(14)6-4-11/h3-6,10,13,15-16H,7-9H2,1-2H3. The topological polar surface area (TPSA) is 41.5 Å². The molecule has 3 nitrogen and oxygen atoms in total. The summed E-state index contributed by atoms with van der Waals surface area (Å²) in [6.45, 7) is 2.85. The Hall–Kier alpha value is -0.970. The van der Waals surface area contributed by atoms with Gasteiger partial charge in [-0.05, 0) is 31.0 Å². The zero-order valence-electron chi connectivity index (χ0n) is 10.3. The maximum atomic E-state index is 12.8. The van der Waals surface area contributed by atoms with Gasteiger partial charge in [0.25, 0.3) is 0 Å². The van der Waals surface area contributed by atoms with Crippen molar-refractivity contribution in [3.8, 4) is 0 Å². The SMILES string of the molecule is COCCC(NCC(C)O)c1ccc(F)cc1. The smallest absolute Gasteiger partial charge is 0.123 e. The first-order chi connectivity index (χ1) is 8.13. The van der Waals surface area contributed by atoms with Crippen LogP contribution in [-0.4, -0.2) is 31.5 Å². The highest BCUT2D eigenvalue weighted by Gasteiger charge is 2.11. The van der Waals surface area contributed by atoms with Gasteiger partial charge in [0, 0.05) is 26.3 Å². The van der Waals surface area contributed by atoms with Gasteiger partial charge in [-0.25, -0.2) is 4.39 Å². The molecule has 0 aliphatic carbocycles. The lowest BCUT2D eigenvalue weighted by Crippen LogP contribution is -2.29. The molecule has 2 N–H and O–H groups in total. The second-order valence-electron chi connectivity index (χ2n) is 4.14. The van der Waals surface area contributed by atoms with Crippen molar-refractivity contribution >= 4 is 0 Å². The van der Waals surface area contributed by atoms with E-state index < -0.39 is 6.10 Å². The highest BCUT2D eigenvalue weighted by molar-refractivity contribution is 5.19. The minimum absolute atomic E-state index is 0.0742. The molecule has 0 aliphatic rings. The number of hydrogen-bond donors (Lipinski definition) is 2. The van der Waals surface area contributed by atoms with Gasteiger partial charge in [0.2, 0.25) is 0 Å². The summed E-state index contributed by atoms with van der Waals surface area (Å²) in [6, 6.07) is 6.47. The van der Waals surface area contributed by atoms with E-state index >= 15 is 0 Å². The van der Waals surface area contributed by atoms with E-state index in [9.17, 15) is 9.50 Å². The van der Waals surface area contributed by atoms with Crippen LogP contribution in [0, 0.1) is 5.82 Å². The average molecular weight is 241 g/mol. The van der Waals surface area contributed by atoms with Crippen molar-refractivity contribution in [2.45, 2.75) is 25.5 Å². The number of rotatable bonds is 7. The number of aliphatic hydroxyl groups excluding tert-OH is 1. The molecular weight excluding hydrogens is 221 g/mol. The number of nitrogens with one attached hydrogen (secondary N) is 1. The highest BCUT2D eigenvalue weighted by Crippen LogP contribution is 2.17. The van der Waals surface area contributed by atoms with E-state index in [4.69, 9.17) is 4.74 Å². The summed E-state index contributed by atoms with van der Waals surface area (Å²) >= 11 is 0. The number of hydrogen-bond acceptors (Lipinski definition) is 3. The lowest BCUT2D eigenvalue weighted by Gasteiger charge is -2.20. The van der Waals surface area contributed by atoms with E-state index in [1.54, 1.807) is 26.2 Å². The lowest BCUT2D eigenvalue weighted by atomic mass is 10.0. The van der Waals surface area contributed by atoms with Crippen LogP contribution in [0.15, 0.2) is 24.3 Å². The molecule has 1 aromatic rings. The first-order valence-electron chi connectivity index (χ1n) is 5.79. The fourth-order valence-corrected chi connectivity index (χ4v) is 1.63. The number of methoxy groups -OCH3 is 1. The van der Waals surface area contributed by atoms with Gasteiger partial charge in [0.1, 0.15) is 5.82 Å². The van der Waals surface area contributed by atoms with Crippen LogP contribution in [0.2, 0.25) is 0 Å². The molecule has 4 heteroatoms. The van der Waals surface area contributed by atoms with Crippen molar-refractivity contribution in [3.05, 3.63) is 35.6 Å². The van der Waals surface area contributed by atoms with E-state index in [0.29, 0.717) is 13.2 Å². The van der Waals surface area contributed by atoms with Crippen LogP contribution < -0.4 is 5.32 Å². The largest absolute Gasteiger partial charge is 0.392 e. The second kappa shape index (κ2) is 7.37. The third-order valence-electron chi connectivity index (χ3n) is 2.54. The third kappa shape index (κ3) is 5.26. The van der Waals surface area contributed by atoms with Gasteiger partial charge < -0.3 is 15.2 Å². The molecule has 0 heterocycles. The van der Waals surface area contributed by atoms with E-state index in [2.05, 4.69) is 5.32 Å². The molecule has 1 aromatic carbocycles. The van der Waals surface area contributed by atoms with Gasteiger partial charge in [-0.1, -0.05) is 12.1 Å². The first-order valence-corrected chi connectivity index (χ1v) is 5.79. The van der Waals surface area contributed by atoms with Gasteiger partial charge in [0.05, 0.1) is 6.10 Å². The zero-order chi connectivity index (χ0) is 12.7. The van der Waals surface area contributed by atoms with Crippen molar-refractivity contribution in [1.29, 1.82) is 0 Å². The van der Waals surface area contributed by atoms with Crippen LogP contribution in [0.25, 0.3) is 0 Å². The van der Waals surface area contributed by atoms with E-state index in [1.807, 2.05) is 0 Å². The second-order valence-corrected chi connectivity index (χ2v) is 4.14. The fraction of sp³-hybridized carbons (Fsp3) is 0.538. The van der Waals surface area contributed by atoms with Gasteiger partial charge >= 0.3 is 0 Å². The Balaban J connectivity index is 2.63. The summed E-state index contributed by atoms with van der Waals surface area (Å²) in [5.74, 6) is -0.241. The van der Waals surface area contributed by atoms with E-state index in [1.165, 1.54) is 12.1 Å². The predicted octanol–water partition coefficient (Wildman–Crippen LogP) is 1.87. The molecule has 0 aliphatic heterocycles. The summed E-state index contributed by atoms with van der Waals surface area (Å²) in [4.78, 5) is 0. The van der Waals surface area contributed by atoms with Gasteiger partial charge in [-0.2, -0.15) is 0 Å². The lowest BCUT2D eigenvalue weighted by molar-refractivity contribution is 0.165. The average Bonchev–Trinajstić information content (AvgIpc) is 2.30. The molecule has 0 aromatic heterocycles. The van der Waals surface area contributed by atoms with Gasteiger partial charge in [-0.15, -0.1) is 0 Å². The molecule has 17 heavy (non-hydrogen) atoms. The minimum atomic E-state index is -0.402. The molecule has 0 spiro atoms. The molecule has 0 radical (unpaired) electrons. The quantitative estimate of drug-likeness (QED) is 0.765. The summed E-state index contributed by atoms with van der Waals surface area (Å²) in [6.07, 6.45) is 0.384. The number of halogens is 1. The van der Waals surface area contributed by atoms with Crippen LogP contribution in [-0.2, 0) is 4.74 Å². The predicted molar refractivity (Wildman–Crippen MR) is 65.3 cm³/mol. The third-order valence-corrected chi connectivity index (χ3v) is 2.54. The number of aliphatic hydroxyl groups is 1. The molecule has 0 fully saturated rings. The monoisotopic (exact) mass is 241 g/mol. The van der Waals surface area contributed by atoms with Crippen molar-refractivity contribution in [1.82, 2.24) is 5.32 Å². The Labute approximate surface area is 102 Å². The molecule has 0 saturated heterocycles. The normalized spacial score (nSPS) is 14.6. The Morgan fingerprint density at radius 3 is 2.53 bits per heavy atom. The molecular formula is C13H20FNO2. The van der Waals surface area contributed by atoms with Gasteiger partial charge in [-0.3, -0.25) is 0 Å². The van der Waals surface area contributed by atoms with Crippen molar-refractivity contribution < 1.29 is 14.2 Å². The number of benzene rings is 1. The number of ether oxygens (including phenoxy) is 1. The Morgan fingerprint density at radius 1 is 1.35 bits per heavy atom. The van der Waals surface area contributed by atoms with Crippen molar-refractivity contribution in [3.63, 3.8) is 0 Å². The summed E-state index contributed by atoms with van der Waals surface area (Å²) in [7, 11) is 1.65. The highest BCUT2D eigenvalue weighted by atomic mass is 19.1. The zero-order valence-corrected chi connectivity index (χ0v) is 10.3. The van der Waals surface area contributed by atoms with E-state index in [-0.39, 0.29) is 11.9 Å².